The fourth-order valence-electron chi connectivity index (χ4n) is 9.74. The molecule has 1 heterocycles. The molecular formula is C34H44O7. The molecule has 7 unspecified atom stereocenters. The van der Waals surface area contributed by atoms with Gasteiger partial charge in [0.05, 0.1) is 25.7 Å². The summed E-state index contributed by atoms with van der Waals surface area (Å²) in [6.45, 7) is 7.18. The van der Waals surface area contributed by atoms with Crippen LogP contribution in [0.1, 0.15) is 64.9 Å². The van der Waals surface area contributed by atoms with E-state index in [1.165, 1.54) is 6.92 Å². The van der Waals surface area contributed by atoms with Gasteiger partial charge in [-0.05, 0) is 79.8 Å². The van der Waals surface area contributed by atoms with E-state index in [2.05, 4.69) is 13.8 Å². The molecule has 1 aliphatic heterocycles. The van der Waals surface area contributed by atoms with E-state index in [9.17, 15) is 19.5 Å². The van der Waals surface area contributed by atoms with E-state index in [1.807, 2.05) is 36.4 Å². The zero-order chi connectivity index (χ0) is 28.9. The van der Waals surface area contributed by atoms with Crippen LogP contribution in [-0.2, 0) is 35.2 Å². The topological polar surface area (TPSA) is 99.1 Å². The van der Waals surface area contributed by atoms with E-state index >= 15 is 0 Å². The molecule has 7 nitrogen and oxygen atoms in total. The Morgan fingerprint density at radius 2 is 1.88 bits per heavy atom. The first-order valence-electron chi connectivity index (χ1n) is 15.6. The number of esters is 1. The highest BCUT2D eigenvalue weighted by Crippen LogP contribution is 2.64. The fourth-order valence-corrected chi connectivity index (χ4v) is 9.74. The second kappa shape index (κ2) is 11.3. The number of fused-ring (bicyclic) bond motifs is 3. The molecule has 1 saturated heterocycles. The number of hydrogen-bond donors (Lipinski definition) is 1. The first kappa shape index (κ1) is 28.6. The lowest BCUT2D eigenvalue weighted by Crippen LogP contribution is -2.64. The van der Waals surface area contributed by atoms with E-state index in [4.69, 9.17) is 14.2 Å². The second-order valence-electron chi connectivity index (χ2n) is 13.8. The Morgan fingerprint density at radius 1 is 1.10 bits per heavy atom. The lowest BCUT2D eigenvalue weighted by atomic mass is 9.45. The van der Waals surface area contributed by atoms with E-state index in [0.29, 0.717) is 32.2 Å². The summed E-state index contributed by atoms with van der Waals surface area (Å²) in [5.74, 6) is -1.30. The average molecular weight is 565 g/mol. The maximum atomic E-state index is 14.0. The molecular weight excluding hydrogens is 520 g/mol. The SMILES string of the molecule is CC(=O)O[C@@H]1C[C@@]23COCC(C2CCC2C3=CC(=O)C3C2CCC(CC(C)C)C3C(=O)O)[C@H]1OCc1ccccc1. The zero-order valence-corrected chi connectivity index (χ0v) is 24.5. The summed E-state index contributed by atoms with van der Waals surface area (Å²) >= 11 is 0. The highest BCUT2D eigenvalue weighted by Gasteiger charge is 2.64. The first-order chi connectivity index (χ1) is 19.7. The van der Waals surface area contributed by atoms with Gasteiger partial charge in [0.15, 0.2) is 5.78 Å². The van der Waals surface area contributed by atoms with Gasteiger partial charge in [0, 0.05) is 24.2 Å². The molecule has 0 spiro atoms. The number of hydrogen-bond acceptors (Lipinski definition) is 6. The molecule has 0 aromatic heterocycles. The van der Waals surface area contributed by atoms with Gasteiger partial charge in [-0.3, -0.25) is 14.4 Å². The quantitative estimate of drug-likeness (QED) is 0.439. The molecule has 1 aromatic carbocycles. The van der Waals surface area contributed by atoms with Gasteiger partial charge in [0.2, 0.25) is 0 Å². The third kappa shape index (κ3) is 5.07. The van der Waals surface area contributed by atoms with Gasteiger partial charge >= 0.3 is 11.9 Å². The predicted molar refractivity (Wildman–Crippen MR) is 152 cm³/mol. The molecule has 3 saturated carbocycles. The Labute approximate surface area is 243 Å². The molecule has 4 aliphatic carbocycles. The smallest absolute Gasteiger partial charge is 0.307 e. The Hall–Kier alpha value is -2.51. The summed E-state index contributed by atoms with van der Waals surface area (Å²) in [5, 5.41) is 10.3. The van der Waals surface area contributed by atoms with E-state index in [-0.39, 0.29) is 47.4 Å². The van der Waals surface area contributed by atoms with Crippen LogP contribution in [0, 0.1) is 52.8 Å². The Balaban J connectivity index is 1.33. The largest absolute Gasteiger partial charge is 0.481 e. The predicted octanol–water partition coefficient (Wildman–Crippen LogP) is 5.46. The molecule has 10 atom stereocenters. The standard InChI is InChI=1S/C34H44O7/c1-19(2)13-22-9-10-24-23-11-12-26-25-17-39-18-34(26,27(23)14-28(36)31(24)30(22)33(37)38)15-29(41-20(3)35)32(25)40-16-21-7-5-4-6-8-21/h4-8,14,19,22-26,29-32H,9-13,15-18H2,1-3H3,(H,37,38)/t22?,23?,24?,25?,26?,29-,30?,31?,32-,34-/m1/s1. The number of rotatable bonds is 7. The van der Waals surface area contributed by atoms with E-state index in [0.717, 1.165) is 43.2 Å². The van der Waals surface area contributed by atoms with Crippen LogP contribution in [0.15, 0.2) is 42.0 Å². The summed E-state index contributed by atoms with van der Waals surface area (Å²) in [6, 6.07) is 10.0. The lowest BCUT2D eigenvalue weighted by molar-refractivity contribution is -0.227. The Bertz CT molecular complexity index is 1190. The van der Waals surface area contributed by atoms with Crippen LogP contribution in [0.25, 0.3) is 0 Å². The molecule has 41 heavy (non-hydrogen) atoms. The number of ketones is 1. The van der Waals surface area contributed by atoms with Crippen LogP contribution in [0.3, 0.4) is 0 Å². The molecule has 6 rings (SSSR count). The highest BCUT2D eigenvalue weighted by molar-refractivity contribution is 5.97. The van der Waals surface area contributed by atoms with Crippen molar-refractivity contribution in [3.8, 4) is 0 Å². The van der Waals surface area contributed by atoms with E-state index < -0.39 is 29.3 Å². The molecule has 1 aromatic rings. The van der Waals surface area contributed by atoms with Gasteiger partial charge in [-0.25, -0.2) is 0 Å². The number of aliphatic carboxylic acids is 1. The Morgan fingerprint density at radius 3 is 2.59 bits per heavy atom. The van der Waals surface area contributed by atoms with Crippen molar-refractivity contribution in [1.82, 2.24) is 0 Å². The van der Waals surface area contributed by atoms with Crippen molar-refractivity contribution in [2.75, 3.05) is 13.2 Å². The normalized spacial score (nSPS) is 39.7. The molecule has 0 radical (unpaired) electrons. The monoisotopic (exact) mass is 564 g/mol. The molecule has 0 amide bonds. The van der Waals surface area contributed by atoms with Crippen LogP contribution in [0.5, 0.6) is 0 Å². The maximum absolute atomic E-state index is 14.0. The number of carbonyl (C=O) groups excluding carboxylic acids is 2. The van der Waals surface area contributed by atoms with Crippen LogP contribution in [0.2, 0.25) is 0 Å². The van der Waals surface area contributed by atoms with Gasteiger partial charge in [0.25, 0.3) is 0 Å². The van der Waals surface area contributed by atoms with Crippen LogP contribution < -0.4 is 0 Å². The van der Waals surface area contributed by atoms with Gasteiger partial charge in [-0.1, -0.05) is 49.8 Å². The lowest BCUT2D eigenvalue weighted by Gasteiger charge is -2.63. The number of allylic oxidation sites excluding steroid dienone is 1. The van der Waals surface area contributed by atoms with Crippen LogP contribution >= 0.6 is 0 Å². The summed E-state index contributed by atoms with van der Waals surface area (Å²) in [7, 11) is 0. The maximum Gasteiger partial charge on any atom is 0.307 e. The molecule has 2 bridgehead atoms. The minimum absolute atomic E-state index is 0.0225. The Kier molecular flexibility index (Phi) is 7.88. The van der Waals surface area contributed by atoms with Gasteiger partial charge in [0.1, 0.15) is 12.2 Å². The third-order valence-electron chi connectivity index (χ3n) is 11.0. The highest BCUT2D eigenvalue weighted by atomic mass is 16.6. The van der Waals surface area contributed by atoms with Crippen molar-refractivity contribution in [3.63, 3.8) is 0 Å². The van der Waals surface area contributed by atoms with Crippen LogP contribution in [0.4, 0.5) is 0 Å². The number of carboxylic acid groups (broad SMARTS) is 1. The average Bonchev–Trinajstić information content (AvgIpc) is 2.92. The first-order valence-corrected chi connectivity index (χ1v) is 15.6. The third-order valence-corrected chi connectivity index (χ3v) is 11.0. The van der Waals surface area contributed by atoms with E-state index in [1.54, 1.807) is 0 Å². The van der Waals surface area contributed by atoms with Crippen molar-refractivity contribution in [3.05, 3.63) is 47.5 Å². The number of carbonyl (C=O) groups is 3. The fraction of sp³-hybridized carbons (Fsp3) is 0.676. The van der Waals surface area contributed by atoms with Crippen molar-refractivity contribution >= 4 is 17.7 Å². The number of ether oxygens (including phenoxy) is 3. The molecule has 7 heteroatoms. The van der Waals surface area contributed by atoms with Crippen molar-refractivity contribution in [2.45, 2.75) is 78.1 Å². The summed E-state index contributed by atoms with van der Waals surface area (Å²) in [6.07, 6.45) is 6.20. The molecule has 222 valence electrons. The van der Waals surface area contributed by atoms with Crippen molar-refractivity contribution < 1.29 is 33.7 Å². The summed E-state index contributed by atoms with van der Waals surface area (Å²) < 4.78 is 18.8. The summed E-state index contributed by atoms with van der Waals surface area (Å²) in [4.78, 5) is 38.9. The minimum Gasteiger partial charge on any atom is -0.481 e. The van der Waals surface area contributed by atoms with Gasteiger partial charge < -0.3 is 19.3 Å². The van der Waals surface area contributed by atoms with Gasteiger partial charge in [-0.15, -0.1) is 0 Å². The number of benzene rings is 1. The zero-order valence-electron chi connectivity index (χ0n) is 24.5. The molecule has 1 N–H and O–H groups in total. The van der Waals surface area contributed by atoms with Crippen LogP contribution in [-0.4, -0.2) is 48.3 Å². The molecule has 4 fully saturated rings. The van der Waals surface area contributed by atoms with Crippen molar-refractivity contribution in [1.29, 1.82) is 0 Å². The van der Waals surface area contributed by atoms with Crippen molar-refractivity contribution in [2.24, 2.45) is 52.8 Å². The number of carboxylic acids is 1. The minimum atomic E-state index is -0.825. The van der Waals surface area contributed by atoms with Gasteiger partial charge in [-0.2, -0.15) is 0 Å². The second-order valence-corrected chi connectivity index (χ2v) is 13.8. The molecule has 5 aliphatic rings. The summed E-state index contributed by atoms with van der Waals surface area (Å²) in [5.41, 5.74) is 1.81.